The molecule has 0 heterocycles. The Morgan fingerprint density at radius 2 is 1.79 bits per heavy atom. The summed E-state index contributed by atoms with van der Waals surface area (Å²) < 4.78 is 26.6. The molecule has 0 bridgehead atoms. The van der Waals surface area contributed by atoms with E-state index >= 15 is 0 Å². The molecule has 1 aliphatic rings. The highest BCUT2D eigenvalue weighted by atomic mass is 19.1. The second kappa shape index (κ2) is 3.19. The van der Waals surface area contributed by atoms with Crippen molar-refractivity contribution in [2.75, 3.05) is 0 Å². The Hall–Kier alpha value is -1.18. The molecule has 0 atom stereocenters. The van der Waals surface area contributed by atoms with Gasteiger partial charge in [-0.25, -0.2) is 8.78 Å². The summed E-state index contributed by atoms with van der Waals surface area (Å²) in [6, 6.07) is 0.975. The zero-order valence-electron chi connectivity index (χ0n) is 8.32. The zero-order chi connectivity index (χ0) is 10.3. The van der Waals surface area contributed by atoms with E-state index in [1.807, 2.05) is 13.0 Å². The van der Waals surface area contributed by atoms with Gasteiger partial charge in [0.1, 0.15) is 11.6 Å². The highest BCUT2D eigenvalue weighted by molar-refractivity contribution is 5.61. The lowest BCUT2D eigenvalue weighted by Crippen LogP contribution is -2.05. The Morgan fingerprint density at radius 1 is 1.07 bits per heavy atom. The molecule has 0 N–H and O–H groups in total. The number of halogens is 2. The van der Waals surface area contributed by atoms with E-state index in [9.17, 15) is 8.78 Å². The van der Waals surface area contributed by atoms with Crippen molar-refractivity contribution in [2.45, 2.75) is 26.7 Å². The van der Waals surface area contributed by atoms with Gasteiger partial charge in [-0.2, -0.15) is 0 Å². The minimum atomic E-state index is -0.442. The van der Waals surface area contributed by atoms with Crippen LogP contribution in [0.15, 0.2) is 11.6 Å². The monoisotopic (exact) mass is 194 g/mol. The van der Waals surface area contributed by atoms with E-state index in [1.54, 1.807) is 6.92 Å². The lowest BCUT2D eigenvalue weighted by atomic mass is 9.89. The molecule has 1 aromatic rings. The molecule has 0 aliphatic heterocycles. The average Bonchev–Trinajstić information content (AvgIpc) is 2.14. The van der Waals surface area contributed by atoms with E-state index in [1.165, 1.54) is 0 Å². The highest BCUT2D eigenvalue weighted by Crippen LogP contribution is 2.29. The highest BCUT2D eigenvalue weighted by Gasteiger charge is 2.17. The summed E-state index contributed by atoms with van der Waals surface area (Å²) >= 11 is 0. The Labute approximate surface area is 82.3 Å². The van der Waals surface area contributed by atoms with Crippen molar-refractivity contribution in [3.63, 3.8) is 0 Å². The van der Waals surface area contributed by atoms with Gasteiger partial charge in [-0.15, -0.1) is 0 Å². The summed E-state index contributed by atoms with van der Waals surface area (Å²) in [6.07, 6.45) is 3.47. The minimum absolute atomic E-state index is 0.436. The Morgan fingerprint density at radius 3 is 2.50 bits per heavy atom. The lowest BCUT2D eigenvalue weighted by molar-refractivity contribution is 0.569. The minimum Gasteiger partial charge on any atom is -0.207 e. The molecule has 0 radical (unpaired) electrons. The maximum absolute atomic E-state index is 13.4. The van der Waals surface area contributed by atoms with Gasteiger partial charge in [0.2, 0.25) is 0 Å². The molecule has 0 saturated heterocycles. The van der Waals surface area contributed by atoms with Crippen LogP contribution >= 0.6 is 0 Å². The van der Waals surface area contributed by atoms with Gasteiger partial charge in [-0.3, -0.25) is 0 Å². The molecule has 0 aromatic heterocycles. The fourth-order valence-electron chi connectivity index (χ4n) is 1.91. The summed E-state index contributed by atoms with van der Waals surface area (Å²) in [6.45, 7) is 3.68. The Kier molecular flexibility index (Phi) is 2.14. The van der Waals surface area contributed by atoms with Crippen molar-refractivity contribution in [1.29, 1.82) is 0 Å². The van der Waals surface area contributed by atoms with Crippen molar-refractivity contribution in [3.8, 4) is 0 Å². The van der Waals surface area contributed by atoms with Crippen LogP contribution in [0.4, 0.5) is 8.78 Å². The summed E-state index contributed by atoms with van der Waals surface area (Å²) in [5.41, 5.74) is 3.15. The number of allylic oxidation sites excluding steroid dienone is 1. The largest absolute Gasteiger partial charge is 0.207 e. The van der Waals surface area contributed by atoms with E-state index in [-0.39, 0.29) is 0 Å². The van der Waals surface area contributed by atoms with Crippen LogP contribution in [-0.2, 0) is 6.42 Å². The molecule has 74 valence electrons. The molecule has 0 nitrogen and oxygen atoms in total. The third-order valence-corrected chi connectivity index (χ3v) is 2.81. The summed E-state index contributed by atoms with van der Waals surface area (Å²) in [5, 5.41) is 0. The summed E-state index contributed by atoms with van der Waals surface area (Å²) in [7, 11) is 0. The molecule has 1 aliphatic carbocycles. The van der Waals surface area contributed by atoms with E-state index < -0.39 is 11.6 Å². The van der Waals surface area contributed by atoms with E-state index in [0.717, 1.165) is 30.0 Å². The number of hydrogen-bond acceptors (Lipinski definition) is 0. The fraction of sp³-hybridized carbons (Fsp3) is 0.333. The predicted octanol–water partition coefficient (Wildman–Crippen LogP) is 3.62. The molecular formula is C12H12F2. The van der Waals surface area contributed by atoms with E-state index in [4.69, 9.17) is 0 Å². The van der Waals surface area contributed by atoms with Gasteiger partial charge in [-0.1, -0.05) is 11.6 Å². The maximum atomic E-state index is 13.4. The van der Waals surface area contributed by atoms with Crippen LogP contribution in [0.5, 0.6) is 0 Å². The topological polar surface area (TPSA) is 0 Å². The van der Waals surface area contributed by atoms with Crippen LogP contribution in [0.2, 0.25) is 0 Å². The maximum Gasteiger partial charge on any atom is 0.133 e. The first-order valence-electron chi connectivity index (χ1n) is 4.74. The second-order valence-corrected chi connectivity index (χ2v) is 3.85. The summed E-state index contributed by atoms with van der Waals surface area (Å²) in [4.78, 5) is 0. The standard InChI is InChI=1S/C12H12F2/c1-7-3-4-9-8(2)11(13)6-12(14)10(9)5-7/h5-6H,3-4H2,1-2H3. The van der Waals surface area contributed by atoms with Crippen LogP contribution in [0.1, 0.15) is 30.0 Å². The van der Waals surface area contributed by atoms with Crippen molar-refractivity contribution in [1.82, 2.24) is 0 Å². The molecule has 2 heteroatoms. The molecule has 1 aromatic carbocycles. The molecule has 0 saturated carbocycles. The van der Waals surface area contributed by atoms with Crippen molar-refractivity contribution >= 4 is 6.08 Å². The third-order valence-electron chi connectivity index (χ3n) is 2.81. The first-order chi connectivity index (χ1) is 6.59. The van der Waals surface area contributed by atoms with Crippen molar-refractivity contribution in [3.05, 3.63) is 40.0 Å². The van der Waals surface area contributed by atoms with Crippen LogP contribution < -0.4 is 0 Å². The van der Waals surface area contributed by atoms with Crippen LogP contribution in [0.25, 0.3) is 6.08 Å². The predicted molar refractivity (Wildman–Crippen MR) is 53.1 cm³/mol. The zero-order valence-corrected chi connectivity index (χ0v) is 8.32. The van der Waals surface area contributed by atoms with Crippen molar-refractivity contribution < 1.29 is 8.78 Å². The second-order valence-electron chi connectivity index (χ2n) is 3.85. The average molecular weight is 194 g/mol. The third kappa shape index (κ3) is 1.35. The molecule has 14 heavy (non-hydrogen) atoms. The first-order valence-corrected chi connectivity index (χ1v) is 4.74. The Bertz CT molecular complexity index is 417. The normalized spacial score (nSPS) is 15.0. The van der Waals surface area contributed by atoms with E-state index in [0.29, 0.717) is 11.1 Å². The first kappa shape index (κ1) is 9.38. The number of hydrogen-bond donors (Lipinski definition) is 0. The van der Waals surface area contributed by atoms with Gasteiger partial charge in [0.25, 0.3) is 0 Å². The van der Waals surface area contributed by atoms with Gasteiger partial charge in [0.15, 0.2) is 0 Å². The summed E-state index contributed by atoms with van der Waals surface area (Å²) in [5.74, 6) is -0.878. The van der Waals surface area contributed by atoms with Gasteiger partial charge < -0.3 is 0 Å². The van der Waals surface area contributed by atoms with Crippen LogP contribution in [0.3, 0.4) is 0 Å². The van der Waals surface area contributed by atoms with Gasteiger partial charge >= 0.3 is 0 Å². The van der Waals surface area contributed by atoms with Gasteiger partial charge in [0.05, 0.1) is 0 Å². The molecule has 0 amide bonds. The molecule has 0 spiro atoms. The van der Waals surface area contributed by atoms with Gasteiger partial charge in [-0.05, 0) is 37.8 Å². The van der Waals surface area contributed by atoms with Gasteiger partial charge in [0, 0.05) is 11.6 Å². The molecule has 0 unspecified atom stereocenters. The fourth-order valence-corrected chi connectivity index (χ4v) is 1.91. The van der Waals surface area contributed by atoms with Crippen LogP contribution in [0, 0.1) is 18.6 Å². The lowest BCUT2D eigenvalue weighted by Gasteiger charge is -2.17. The van der Waals surface area contributed by atoms with E-state index in [2.05, 4.69) is 0 Å². The number of fused-ring (bicyclic) bond motifs is 1. The number of rotatable bonds is 0. The van der Waals surface area contributed by atoms with Crippen LogP contribution in [-0.4, -0.2) is 0 Å². The molecule has 2 rings (SSSR count). The Balaban J connectivity index is 2.70. The number of benzene rings is 1. The molecule has 0 fully saturated rings. The smallest absolute Gasteiger partial charge is 0.133 e. The van der Waals surface area contributed by atoms with Crippen molar-refractivity contribution in [2.24, 2.45) is 0 Å². The molecular weight excluding hydrogens is 182 g/mol. The quantitative estimate of drug-likeness (QED) is 0.591. The SMILES string of the molecule is CC1=Cc2c(F)cc(F)c(C)c2CC1.